The number of hydrogen-bond donors (Lipinski definition) is 2. The SMILES string of the molecule is O=C(O)Cc1ccc(NC(=O)C2C3Cc4ccccc4C32)cc1. The monoisotopic (exact) mass is 307 g/mol. The second-order valence-electron chi connectivity index (χ2n) is 6.38. The highest BCUT2D eigenvalue weighted by Crippen LogP contribution is 2.61. The molecular weight excluding hydrogens is 290 g/mol. The van der Waals surface area contributed by atoms with Crippen LogP contribution < -0.4 is 5.32 Å². The van der Waals surface area contributed by atoms with Crippen LogP contribution in [0, 0.1) is 11.8 Å². The first-order chi connectivity index (χ1) is 11.1. The fourth-order valence-electron chi connectivity index (χ4n) is 3.81. The Hall–Kier alpha value is -2.62. The normalized spacial score (nSPS) is 23.7. The van der Waals surface area contributed by atoms with Gasteiger partial charge >= 0.3 is 5.97 Å². The Bertz CT molecular complexity index is 781. The van der Waals surface area contributed by atoms with Crippen molar-refractivity contribution in [2.24, 2.45) is 11.8 Å². The molecule has 2 aromatic rings. The van der Waals surface area contributed by atoms with Gasteiger partial charge in [0.2, 0.25) is 5.91 Å². The molecule has 4 rings (SSSR count). The number of anilines is 1. The molecule has 0 aliphatic heterocycles. The molecule has 2 aromatic carbocycles. The van der Waals surface area contributed by atoms with Crippen molar-refractivity contribution in [3.05, 3.63) is 65.2 Å². The van der Waals surface area contributed by atoms with E-state index < -0.39 is 5.97 Å². The average molecular weight is 307 g/mol. The highest BCUT2D eigenvalue weighted by atomic mass is 16.4. The standard InChI is InChI=1S/C19H17NO3/c21-16(22)9-11-5-7-13(8-6-11)20-19(23)18-15-10-12-3-1-2-4-14(12)17(15)18/h1-8,15,17-18H,9-10H2,(H,20,23)(H,21,22). The molecule has 23 heavy (non-hydrogen) atoms. The molecule has 0 radical (unpaired) electrons. The zero-order valence-electron chi connectivity index (χ0n) is 12.5. The van der Waals surface area contributed by atoms with Crippen LogP contribution in [0.25, 0.3) is 0 Å². The van der Waals surface area contributed by atoms with Crippen LogP contribution in [0.1, 0.15) is 22.6 Å². The highest BCUT2D eigenvalue weighted by molar-refractivity contribution is 5.96. The summed E-state index contributed by atoms with van der Waals surface area (Å²) in [7, 11) is 0. The lowest BCUT2D eigenvalue weighted by molar-refractivity contribution is -0.136. The molecule has 0 saturated heterocycles. The van der Waals surface area contributed by atoms with Crippen molar-refractivity contribution in [2.45, 2.75) is 18.8 Å². The molecule has 0 heterocycles. The molecule has 0 spiro atoms. The van der Waals surface area contributed by atoms with Crippen LogP contribution in [0.15, 0.2) is 48.5 Å². The Morgan fingerprint density at radius 1 is 1.09 bits per heavy atom. The summed E-state index contributed by atoms with van der Waals surface area (Å²) in [5.41, 5.74) is 4.16. The zero-order valence-corrected chi connectivity index (χ0v) is 12.5. The van der Waals surface area contributed by atoms with E-state index in [1.165, 1.54) is 11.1 Å². The molecule has 0 bridgehead atoms. The van der Waals surface area contributed by atoms with E-state index in [9.17, 15) is 9.59 Å². The summed E-state index contributed by atoms with van der Waals surface area (Å²) in [4.78, 5) is 23.1. The van der Waals surface area contributed by atoms with Crippen molar-refractivity contribution in [3.8, 4) is 0 Å². The summed E-state index contributed by atoms with van der Waals surface area (Å²) in [5, 5.41) is 11.7. The number of benzene rings is 2. The Labute approximate surface area is 134 Å². The average Bonchev–Trinajstić information content (AvgIpc) is 3.11. The second kappa shape index (κ2) is 5.23. The van der Waals surface area contributed by atoms with Gasteiger partial charge < -0.3 is 10.4 Å². The number of carbonyl (C=O) groups is 2. The predicted molar refractivity (Wildman–Crippen MR) is 86.3 cm³/mol. The van der Waals surface area contributed by atoms with Crippen LogP contribution in [0.5, 0.6) is 0 Å². The number of rotatable bonds is 4. The topological polar surface area (TPSA) is 66.4 Å². The Morgan fingerprint density at radius 3 is 2.57 bits per heavy atom. The van der Waals surface area contributed by atoms with Gasteiger partial charge in [0.25, 0.3) is 0 Å². The minimum Gasteiger partial charge on any atom is -0.481 e. The summed E-state index contributed by atoms with van der Waals surface area (Å²) >= 11 is 0. The van der Waals surface area contributed by atoms with Gasteiger partial charge in [0.1, 0.15) is 0 Å². The Morgan fingerprint density at radius 2 is 1.83 bits per heavy atom. The van der Waals surface area contributed by atoms with Crippen LogP contribution in [0.2, 0.25) is 0 Å². The van der Waals surface area contributed by atoms with Gasteiger partial charge in [-0.15, -0.1) is 0 Å². The van der Waals surface area contributed by atoms with Gasteiger partial charge in [0.05, 0.1) is 6.42 Å². The summed E-state index contributed by atoms with van der Waals surface area (Å²) in [6.45, 7) is 0. The van der Waals surface area contributed by atoms with Crippen molar-refractivity contribution >= 4 is 17.6 Å². The predicted octanol–water partition coefficient (Wildman–Crippen LogP) is 2.84. The van der Waals surface area contributed by atoms with Gasteiger partial charge in [-0.3, -0.25) is 9.59 Å². The van der Waals surface area contributed by atoms with Crippen molar-refractivity contribution in [2.75, 3.05) is 5.32 Å². The summed E-state index contributed by atoms with van der Waals surface area (Å²) < 4.78 is 0. The molecule has 3 atom stereocenters. The first-order valence-corrected chi connectivity index (χ1v) is 7.83. The van der Waals surface area contributed by atoms with Gasteiger partial charge in [-0.1, -0.05) is 36.4 Å². The zero-order chi connectivity index (χ0) is 16.0. The molecule has 0 aromatic heterocycles. The van der Waals surface area contributed by atoms with Gasteiger partial charge in [-0.25, -0.2) is 0 Å². The van der Waals surface area contributed by atoms with Gasteiger partial charge in [-0.2, -0.15) is 0 Å². The lowest BCUT2D eigenvalue weighted by Crippen LogP contribution is -2.17. The quantitative estimate of drug-likeness (QED) is 0.913. The second-order valence-corrected chi connectivity index (χ2v) is 6.38. The molecule has 1 fully saturated rings. The number of amides is 1. The largest absolute Gasteiger partial charge is 0.481 e. The van der Waals surface area contributed by atoms with Crippen molar-refractivity contribution in [1.29, 1.82) is 0 Å². The highest BCUT2D eigenvalue weighted by Gasteiger charge is 2.59. The number of carboxylic acid groups (broad SMARTS) is 1. The van der Waals surface area contributed by atoms with Crippen LogP contribution >= 0.6 is 0 Å². The lowest BCUT2D eigenvalue weighted by Gasteiger charge is -2.09. The number of hydrogen-bond acceptors (Lipinski definition) is 2. The van der Waals surface area contributed by atoms with Crippen LogP contribution in [-0.2, 0) is 22.4 Å². The van der Waals surface area contributed by atoms with E-state index in [0.29, 0.717) is 11.8 Å². The molecule has 2 aliphatic carbocycles. The van der Waals surface area contributed by atoms with Gasteiger partial charge in [0, 0.05) is 11.6 Å². The Balaban J connectivity index is 1.41. The first-order valence-electron chi connectivity index (χ1n) is 7.83. The molecule has 3 unspecified atom stereocenters. The third kappa shape index (κ3) is 2.50. The van der Waals surface area contributed by atoms with Crippen LogP contribution in [0.4, 0.5) is 5.69 Å². The molecule has 2 aliphatic rings. The fourth-order valence-corrected chi connectivity index (χ4v) is 3.81. The van der Waals surface area contributed by atoms with Crippen LogP contribution in [-0.4, -0.2) is 17.0 Å². The third-order valence-electron chi connectivity index (χ3n) is 4.92. The molecule has 1 amide bonds. The maximum atomic E-state index is 12.5. The van der Waals surface area contributed by atoms with Gasteiger partial charge in [-0.05, 0) is 47.1 Å². The van der Waals surface area contributed by atoms with E-state index in [1.807, 2.05) is 6.07 Å². The minimum atomic E-state index is -0.855. The van der Waals surface area contributed by atoms with Crippen molar-refractivity contribution in [1.82, 2.24) is 0 Å². The molecule has 4 nitrogen and oxygen atoms in total. The number of fused-ring (bicyclic) bond motifs is 3. The summed E-state index contributed by atoms with van der Waals surface area (Å²) in [5.74, 6) is 0.103. The Kier molecular flexibility index (Phi) is 3.18. The maximum Gasteiger partial charge on any atom is 0.307 e. The number of carboxylic acids is 1. The van der Waals surface area contributed by atoms with E-state index in [0.717, 1.165) is 17.7 Å². The molecular formula is C19H17NO3. The van der Waals surface area contributed by atoms with E-state index in [1.54, 1.807) is 24.3 Å². The molecule has 2 N–H and O–H groups in total. The van der Waals surface area contributed by atoms with E-state index >= 15 is 0 Å². The molecule has 1 saturated carbocycles. The van der Waals surface area contributed by atoms with E-state index in [-0.39, 0.29) is 18.2 Å². The number of aliphatic carboxylic acids is 1. The first kappa shape index (κ1) is 14.0. The van der Waals surface area contributed by atoms with Crippen LogP contribution in [0.3, 0.4) is 0 Å². The summed E-state index contributed by atoms with van der Waals surface area (Å²) in [6, 6.07) is 15.4. The lowest BCUT2D eigenvalue weighted by atomic mass is 10.0. The molecule has 4 heteroatoms. The van der Waals surface area contributed by atoms with Gasteiger partial charge in [0.15, 0.2) is 0 Å². The number of nitrogens with one attached hydrogen (secondary N) is 1. The van der Waals surface area contributed by atoms with Crippen molar-refractivity contribution in [3.63, 3.8) is 0 Å². The third-order valence-corrected chi connectivity index (χ3v) is 4.92. The maximum absolute atomic E-state index is 12.5. The fraction of sp³-hybridized carbons (Fsp3) is 0.263. The van der Waals surface area contributed by atoms with Crippen molar-refractivity contribution < 1.29 is 14.7 Å². The van der Waals surface area contributed by atoms with E-state index in [2.05, 4.69) is 23.5 Å². The smallest absolute Gasteiger partial charge is 0.307 e. The molecule has 116 valence electrons. The minimum absolute atomic E-state index is 0.00220. The van der Waals surface area contributed by atoms with E-state index in [4.69, 9.17) is 5.11 Å². The number of carbonyl (C=O) groups excluding carboxylic acids is 1. The summed E-state index contributed by atoms with van der Waals surface area (Å²) in [6.07, 6.45) is 0.994.